The third kappa shape index (κ3) is 4.77. The standard InChI is InChI=1S/C17H25N3O3/c1-17(2,3)23-16(22)20(18)15(21)14-10-7-11-19(14)12-13-8-5-4-6-9-13/h4-6,8-9,14H,7,10-12,18H2,1-3H3/t14-/m0/s1. The maximum atomic E-state index is 12.5. The van der Waals surface area contributed by atoms with E-state index in [0.717, 1.165) is 18.5 Å². The molecule has 0 aliphatic carbocycles. The van der Waals surface area contributed by atoms with Crippen LogP contribution in [0.5, 0.6) is 0 Å². The predicted octanol–water partition coefficient (Wildman–Crippen LogP) is 2.29. The van der Waals surface area contributed by atoms with Crippen molar-refractivity contribution in [3.05, 3.63) is 35.9 Å². The summed E-state index contributed by atoms with van der Waals surface area (Å²) >= 11 is 0. The Labute approximate surface area is 137 Å². The fraction of sp³-hybridized carbons (Fsp3) is 0.529. The Balaban J connectivity index is 2.01. The van der Waals surface area contributed by atoms with Gasteiger partial charge in [0.25, 0.3) is 5.91 Å². The van der Waals surface area contributed by atoms with Gasteiger partial charge in [-0.3, -0.25) is 9.69 Å². The van der Waals surface area contributed by atoms with E-state index in [4.69, 9.17) is 10.6 Å². The normalized spacial score (nSPS) is 18.7. The van der Waals surface area contributed by atoms with Crippen molar-refractivity contribution < 1.29 is 14.3 Å². The molecule has 1 fully saturated rings. The van der Waals surface area contributed by atoms with Gasteiger partial charge in [0, 0.05) is 6.54 Å². The molecule has 0 bridgehead atoms. The number of ether oxygens (including phenoxy) is 1. The number of imide groups is 1. The molecule has 2 amide bonds. The van der Waals surface area contributed by atoms with Crippen molar-refractivity contribution in [2.75, 3.05) is 6.54 Å². The molecule has 23 heavy (non-hydrogen) atoms. The summed E-state index contributed by atoms with van der Waals surface area (Å²) in [4.78, 5) is 26.6. The summed E-state index contributed by atoms with van der Waals surface area (Å²) in [5, 5.41) is 0.610. The number of hydrazine groups is 1. The molecule has 0 unspecified atom stereocenters. The lowest BCUT2D eigenvalue weighted by atomic mass is 10.1. The van der Waals surface area contributed by atoms with Gasteiger partial charge in [0.15, 0.2) is 0 Å². The van der Waals surface area contributed by atoms with Crippen molar-refractivity contribution in [2.24, 2.45) is 5.84 Å². The number of likely N-dealkylation sites (tertiary alicyclic amines) is 1. The van der Waals surface area contributed by atoms with Crippen molar-refractivity contribution in [1.82, 2.24) is 9.91 Å². The number of carbonyl (C=O) groups excluding carboxylic acids is 2. The average Bonchev–Trinajstić information content (AvgIpc) is 2.93. The van der Waals surface area contributed by atoms with Crippen molar-refractivity contribution >= 4 is 12.0 Å². The molecule has 1 aliphatic rings. The molecule has 6 nitrogen and oxygen atoms in total. The lowest BCUT2D eigenvalue weighted by molar-refractivity contribution is -0.135. The molecule has 1 aromatic rings. The smallest absolute Gasteiger partial charge is 0.431 e. The first-order chi connectivity index (χ1) is 10.8. The number of carbonyl (C=O) groups is 2. The number of nitrogens with two attached hydrogens (primary N) is 1. The van der Waals surface area contributed by atoms with Gasteiger partial charge in [-0.2, -0.15) is 5.01 Å². The fourth-order valence-corrected chi connectivity index (χ4v) is 2.67. The van der Waals surface area contributed by atoms with Gasteiger partial charge < -0.3 is 4.74 Å². The first kappa shape index (κ1) is 17.4. The van der Waals surface area contributed by atoms with E-state index in [1.165, 1.54) is 0 Å². The fourth-order valence-electron chi connectivity index (χ4n) is 2.67. The lowest BCUT2D eigenvalue weighted by Gasteiger charge is -2.28. The summed E-state index contributed by atoms with van der Waals surface area (Å²) in [5.74, 6) is 5.28. The summed E-state index contributed by atoms with van der Waals surface area (Å²) in [7, 11) is 0. The predicted molar refractivity (Wildman–Crippen MR) is 87.1 cm³/mol. The van der Waals surface area contributed by atoms with Crippen LogP contribution in [0.4, 0.5) is 4.79 Å². The monoisotopic (exact) mass is 319 g/mol. The van der Waals surface area contributed by atoms with Gasteiger partial charge in [0.1, 0.15) is 5.60 Å². The quantitative estimate of drug-likeness (QED) is 0.525. The number of amides is 2. The van der Waals surface area contributed by atoms with E-state index in [1.807, 2.05) is 30.3 Å². The first-order valence-corrected chi connectivity index (χ1v) is 7.87. The molecule has 6 heteroatoms. The Morgan fingerprint density at radius 1 is 1.30 bits per heavy atom. The molecule has 126 valence electrons. The minimum atomic E-state index is -0.811. The second kappa shape index (κ2) is 7.10. The van der Waals surface area contributed by atoms with Crippen LogP contribution >= 0.6 is 0 Å². The van der Waals surface area contributed by atoms with Crippen LogP contribution in [0.15, 0.2) is 30.3 Å². The third-order valence-electron chi connectivity index (χ3n) is 3.70. The van der Waals surface area contributed by atoms with E-state index in [1.54, 1.807) is 20.8 Å². The highest BCUT2D eigenvalue weighted by Gasteiger charge is 2.36. The molecule has 0 radical (unpaired) electrons. The molecule has 0 spiro atoms. The first-order valence-electron chi connectivity index (χ1n) is 7.87. The molecule has 1 aromatic carbocycles. The number of hydrogen-bond donors (Lipinski definition) is 1. The molecular weight excluding hydrogens is 294 g/mol. The summed E-state index contributed by atoms with van der Waals surface area (Å²) in [6.45, 7) is 6.69. The van der Waals surface area contributed by atoms with Gasteiger partial charge in [-0.05, 0) is 45.7 Å². The Bertz CT molecular complexity index is 554. The Hall–Kier alpha value is -1.92. The Morgan fingerprint density at radius 2 is 1.96 bits per heavy atom. The highest BCUT2D eigenvalue weighted by atomic mass is 16.6. The largest absolute Gasteiger partial charge is 0.442 e. The topological polar surface area (TPSA) is 75.9 Å². The highest BCUT2D eigenvalue weighted by molar-refractivity contribution is 5.94. The molecule has 0 aromatic heterocycles. The number of nitrogens with zero attached hydrogens (tertiary/aromatic N) is 2. The summed E-state index contributed by atoms with van der Waals surface area (Å²) in [6, 6.07) is 9.56. The highest BCUT2D eigenvalue weighted by Crippen LogP contribution is 2.22. The molecule has 1 atom stereocenters. The van der Waals surface area contributed by atoms with Crippen molar-refractivity contribution in [2.45, 2.75) is 51.8 Å². The summed E-state index contributed by atoms with van der Waals surface area (Å²) < 4.78 is 5.16. The maximum Gasteiger partial charge on any atom is 0.431 e. The van der Waals surface area contributed by atoms with E-state index in [9.17, 15) is 9.59 Å². The molecular formula is C17H25N3O3. The minimum absolute atomic E-state index is 0.382. The average molecular weight is 319 g/mol. The zero-order valence-electron chi connectivity index (χ0n) is 14.0. The van der Waals surface area contributed by atoms with Crippen LogP contribution < -0.4 is 5.84 Å². The third-order valence-corrected chi connectivity index (χ3v) is 3.70. The number of benzene rings is 1. The van der Waals surface area contributed by atoms with Crippen LogP contribution in [0.25, 0.3) is 0 Å². The van der Waals surface area contributed by atoms with E-state index in [0.29, 0.717) is 18.0 Å². The molecule has 1 aliphatic heterocycles. The van der Waals surface area contributed by atoms with Crippen LogP contribution in [-0.2, 0) is 16.1 Å². The zero-order chi connectivity index (χ0) is 17.0. The van der Waals surface area contributed by atoms with Gasteiger partial charge in [-0.1, -0.05) is 30.3 Å². The van der Waals surface area contributed by atoms with E-state index >= 15 is 0 Å². The van der Waals surface area contributed by atoms with Gasteiger partial charge in [-0.25, -0.2) is 10.6 Å². The number of rotatable bonds is 3. The second-order valence-corrected chi connectivity index (χ2v) is 6.80. The second-order valence-electron chi connectivity index (χ2n) is 6.80. The minimum Gasteiger partial charge on any atom is -0.442 e. The van der Waals surface area contributed by atoms with E-state index in [2.05, 4.69) is 4.90 Å². The summed E-state index contributed by atoms with van der Waals surface area (Å²) in [6.07, 6.45) is 0.794. The van der Waals surface area contributed by atoms with Crippen molar-refractivity contribution in [3.63, 3.8) is 0 Å². The van der Waals surface area contributed by atoms with Gasteiger partial charge >= 0.3 is 6.09 Å². The Morgan fingerprint density at radius 3 is 2.57 bits per heavy atom. The van der Waals surface area contributed by atoms with E-state index in [-0.39, 0.29) is 6.04 Å². The van der Waals surface area contributed by atoms with Gasteiger partial charge in [0.2, 0.25) is 0 Å². The molecule has 2 N–H and O–H groups in total. The van der Waals surface area contributed by atoms with Crippen molar-refractivity contribution in [1.29, 1.82) is 0 Å². The Kier molecular flexibility index (Phi) is 5.38. The van der Waals surface area contributed by atoms with Gasteiger partial charge in [0.05, 0.1) is 6.04 Å². The zero-order valence-corrected chi connectivity index (χ0v) is 14.0. The SMILES string of the molecule is CC(C)(C)OC(=O)N(N)C(=O)[C@@H]1CCCN1Cc1ccccc1. The van der Waals surface area contributed by atoms with Crippen molar-refractivity contribution in [3.8, 4) is 0 Å². The number of hydrogen-bond acceptors (Lipinski definition) is 5. The van der Waals surface area contributed by atoms with Crippen LogP contribution in [0.1, 0.15) is 39.2 Å². The van der Waals surface area contributed by atoms with Gasteiger partial charge in [-0.15, -0.1) is 0 Å². The summed E-state index contributed by atoms with van der Waals surface area (Å²) in [5.41, 5.74) is 0.446. The molecule has 0 saturated carbocycles. The van der Waals surface area contributed by atoms with Crippen LogP contribution in [0.3, 0.4) is 0 Å². The van der Waals surface area contributed by atoms with Crippen LogP contribution in [0.2, 0.25) is 0 Å². The van der Waals surface area contributed by atoms with Crippen LogP contribution in [0, 0.1) is 0 Å². The maximum absolute atomic E-state index is 12.5. The molecule has 1 heterocycles. The molecule has 1 saturated heterocycles. The van der Waals surface area contributed by atoms with E-state index < -0.39 is 17.6 Å². The lowest BCUT2D eigenvalue weighted by Crippen LogP contribution is -2.52. The van der Waals surface area contributed by atoms with Crippen LogP contribution in [-0.4, -0.2) is 40.1 Å². The molecule has 2 rings (SSSR count).